The third kappa shape index (κ3) is 4.93. The number of pyridine rings is 1. The first-order valence-electron chi connectivity index (χ1n) is 8.23. The van der Waals surface area contributed by atoms with Crippen LogP contribution in [0.5, 0.6) is 0 Å². The van der Waals surface area contributed by atoms with Gasteiger partial charge in [0.15, 0.2) is 14.9 Å². The molecule has 1 amide bonds. The van der Waals surface area contributed by atoms with Gasteiger partial charge in [-0.2, -0.15) is 0 Å². The van der Waals surface area contributed by atoms with Crippen molar-refractivity contribution in [1.29, 1.82) is 0 Å². The molecular weight excluding hydrogens is 328 g/mol. The third-order valence-corrected chi connectivity index (χ3v) is 5.57. The molecule has 0 aliphatic carbocycles. The quantitative estimate of drug-likeness (QED) is 0.834. The zero-order chi connectivity index (χ0) is 18.0. The van der Waals surface area contributed by atoms with Crippen molar-refractivity contribution in [3.63, 3.8) is 0 Å². The average molecular weight is 354 g/mol. The van der Waals surface area contributed by atoms with Crippen molar-refractivity contribution in [3.05, 3.63) is 23.9 Å². The lowest BCUT2D eigenvalue weighted by Crippen LogP contribution is -2.48. The fourth-order valence-electron chi connectivity index (χ4n) is 2.71. The second kappa shape index (κ2) is 7.09. The second-order valence-corrected chi connectivity index (χ2v) is 9.26. The first-order chi connectivity index (χ1) is 11.1. The number of nitrogens with zero attached hydrogens (tertiary/aromatic N) is 2. The maximum Gasteiger partial charge on any atom is 0.410 e. The standard InChI is InChI=1S/C17H26N2O4S/c1-13-8-9-15(18-11-13)24(21,22)12-14-7-5-6-10-19(14)16(20)23-17(2,3)4/h8-9,11,14H,5-7,10,12H2,1-4H3. The Balaban J connectivity index is 2.15. The van der Waals surface area contributed by atoms with E-state index in [0.717, 1.165) is 18.4 Å². The van der Waals surface area contributed by atoms with Crippen LogP contribution in [-0.4, -0.2) is 48.3 Å². The van der Waals surface area contributed by atoms with Crippen molar-refractivity contribution >= 4 is 15.9 Å². The second-order valence-electron chi connectivity index (χ2n) is 7.28. The molecule has 1 aliphatic heterocycles. The summed E-state index contributed by atoms with van der Waals surface area (Å²) < 4.78 is 30.7. The van der Waals surface area contributed by atoms with Crippen molar-refractivity contribution in [2.75, 3.05) is 12.3 Å². The zero-order valence-electron chi connectivity index (χ0n) is 14.8. The summed E-state index contributed by atoms with van der Waals surface area (Å²) in [6.07, 6.45) is 3.52. The number of carbonyl (C=O) groups is 1. The van der Waals surface area contributed by atoms with Crippen LogP contribution in [0.2, 0.25) is 0 Å². The minimum absolute atomic E-state index is 0.0582. The van der Waals surface area contributed by atoms with Gasteiger partial charge in [-0.3, -0.25) is 0 Å². The number of aromatic nitrogens is 1. The van der Waals surface area contributed by atoms with Crippen molar-refractivity contribution in [1.82, 2.24) is 9.88 Å². The number of piperidine rings is 1. The molecule has 0 saturated carbocycles. The number of amides is 1. The van der Waals surface area contributed by atoms with E-state index in [4.69, 9.17) is 4.74 Å². The maximum atomic E-state index is 12.6. The molecule has 7 heteroatoms. The summed E-state index contributed by atoms with van der Waals surface area (Å²) in [4.78, 5) is 18.0. The molecule has 1 atom stereocenters. The summed E-state index contributed by atoms with van der Waals surface area (Å²) in [5, 5.41) is 0.0582. The van der Waals surface area contributed by atoms with Gasteiger partial charge < -0.3 is 9.64 Å². The van der Waals surface area contributed by atoms with Crippen molar-refractivity contribution in [2.24, 2.45) is 0 Å². The summed E-state index contributed by atoms with van der Waals surface area (Å²) >= 11 is 0. The van der Waals surface area contributed by atoms with Crippen LogP contribution in [0.3, 0.4) is 0 Å². The fourth-order valence-corrected chi connectivity index (χ4v) is 4.22. The fraction of sp³-hybridized carbons (Fsp3) is 0.647. The minimum Gasteiger partial charge on any atom is -0.444 e. The van der Waals surface area contributed by atoms with Crippen LogP contribution < -0.4 is 0 Å². The van der Waals surface area contributed by atoms with Gasteiger partial charge in [-0.25, -0.2) is 18.2 Å². The van der Waals surface area contributed by atoms with E-state index in [1.54, 1.807) is 37.9 Å². The first-order valence-corrected chi connectivity index (χ1v) is 9.89. The van der Waals surface area contributed by atoms with E-state index in [2.05, 4.69) is 4.98 Å². The number of carbonyl (C=O) groups excluding carboxylic acids is 1. The highest BCUT2D eigenvalue weighted by Crippen LogP contribution is 2.23. The molecular formula is C17H26N2O4S. The Morgan fingerprint density at radius 2 is 2.04 bits per heavy atom. The van der Waals surface area contributed by atoms with Gasteiger partial charge in [-0.1, -0.05) is 6.07 Å². The molecule has 134 valence electrons. The number of likely N-dealkylation sites (tertiary alicyclic amines) is 1. The number of aryl methyl sites for hydroxylation is 1. The lowest BCUT2D eigenvalue weighted by molar-refractivity contribution is 0.0124. The number of sulfone groups is 1. The van der Waals surface area contributed by atoms with Gasteiger partial charge in [0.25, 0.3) is 0 Å². The van der Waals surface area contributed by atoms with Crippen LogP contribution in [0.15, 0.2) is 23.4 Å². The highest BCUT2D eigenvalue weighted by atomic mass is 32.2. The normalized spacial score (nSPS) is 19.2. The van der Waals surface area contributed by atoms with Crippen molar-refractivity contribution in [3.8, 4) is 0 Å². The number of rotatable bonds is 3. The van der Waals surface area contributed by atoms with E-state index >= 15 is 0 Å². The predicted octanol–water partition coefficient (Wildman–Crippen LogP) is 2.95. The van der Waals surface area contributed by atoms with E-state index in [1.807, 2.05) is 6.92 Å². The number of ether oxygens (including phenoxy) is 1. The molecule has 1 unspecified atom stereocenters. The van der Waals surface area contributed by atoms with Crippen LogP contribution >= 0.6 is 0 Å². The minimum atomic E-state index is -3.55. The number of hydrogen-bond donors (Lipinski definition) is 0. The predicted molar refractivity (Wildman–Crippen MR) is 91.6 cm³/mol. The van der Waals surface area contributed by atoms with E-state index in [-0.39, 0.29) is 16.8 Å². The molecule has 0 aromatic carbocycles. The lowest BCUT2D eigenvalue weighted by atomic mass is 10.0. The van der Waals surface area contributed by atoms with Crippen molar-refractivity contribution in [2.45, 2.75) is 63.6 Å². The Bertz CT molecular complexity index is 678. The summed E-state index contributed by atoms with van der Waals surface area (Å²) in [6, 6.07) is 2.87. The van der Waals surface area contributed by atoms with Gasteiger partial charge in [0.2, 0.25) is 0 Å². The van der Waals surface area contributed by atoms with E-state index in [1.165, 1.54) is 6.07 Å². The molecule has 0 radical (unpaired) electrons. The van der Waals surface area contributed by atoms with Gasteiger partial charge in [0.1, 0.15) is 5.60 Å². The maximum absolute atomic E-state index is 12.6. The Morgan fingerprint density at radius 1 is 1.33 bits per heavy atom. The highest BCUT2D eigenvalue weighted by molar-refractivity contribution is 7.91. The van der Waals surface area contributed by atoms with E-state index in [0.29, 0.717) is 13.0 Å². The smallest absolute Gasteiger partial charge is 0.410 e. The Hall–Kier alpha value is -1.63. The first kappa shape index (κ1) is 18.7. The van der Waals surface area contributed by atoms with Crippen molar-refractivity contribution < 1.29 is 17.9 Å². The third-order valence-electron chi connectivity index (χ3n) is 3.87. The molecule has 1 aromatic heterocycles. The van der Waals surface area contributed by atoms with Crippen LogP contribution in [-0.2, 0) is 14.6 Å². The van der Waals surface area contributed by atoms with Gasteiger partial charge >= 0.3 is 6.09 Å². The Morgan fingerprint density at radius 3 is 2.62 bits per heavy atom. The van der Waals surface area contributed by atoms with Crippen LogP contribution in [0, 0.1) is 6.92 Å². The zero-order valence-corrected chi connectivity index (χ0v) is 15.6. The molecule has 2 rings (SSSR count). The summed E-state index contributed by atoms with van der Waals surface area (Å²) in [7, 11) is -3.55. The largest absolute Gasteiger partial charge is 0.444 e. The van der Waals surface area contributed by atoms with Gasteiger partial charge in [-0.15, -0.1) is 0 Å². The Kier molecular flexibility index (Phi) is 5.52. The van der Waals surface area contributed by atoms with Gasteiger partial charge in [0.05, 0.1) is 5.75 Å². The van der Waals surface area contributed by atoms with E-state index in [9.17, 15) is 13.2 Å². The molecule has 24 heavy (non-hydrogen) atoms. The van der Waals surface area contributed by atoms with E-state index < -0.39 is 21.5 Å². The molecule has 6 nitrogen and oxygen atoms in total. The van der Waals surface area contributed by atoms with Crippen LogP contribution in [0.25, 0.3) is 0 Å². The Labute approximate surface area is 144 Å². The van der Waals surface area contributed by atoms with Gasteiger partial charge in [0, 0.05) is 18.8 Å². The monoisotopic (exact) mass is 354 g/mol. The van der Waals surface area contributed by atoms with Crippen LogP contribution in [0.1, 0.15) is 45.6 Å². The molecule has 1 aliphatic rings. The van der Waals surface area contributed by atoms with Crippen LogP contribution in [0.4, 0.5) is 4.79 Å². The summed E-state index contributed by atoms with van der Waals surface area (Å²) in [5.74, 6) is -0.123. The summed E-state index contributed by atoms with van der Waals surface area (Å²) in [6.45, 7) is 7.79. The topological polar surface area (TPSA) is 76.6 Å². The number of hydrogen-bond acceptors (Lipinski definition) is 5. The SMILES string of the molecule is Cc1ccc(S(=O)(=O)CC2CCCCN2C(=O)OC(C)(C)C)nc1. The molecule has 2 heterocycles. The molecule has 0 bridgehead atoms. The molecule has 1 saturated heterocycles. The highest BCUT2D eigenvalue weighted by Gasteiger charge is 2.34. The molecule has 1 fully saturated rings. The molecule has 1 aromatic rings. The van der Waals surface area contributed by atoms with Gasteiger partial charge in [-0.05, 0) is 58.6 Å². The lowest BCUT2D eigenvalue weighted by Gasteiger charge is -2.36. The average Bonchev–Trinajstić information content (AvgIpc) is 2.46. The molecule has 0 N–H and O–H groups in total. The molecule has 0 spiro atoms. The summed E-state index contributed by atoms with van der Waals surface area (Å²) in [5.41, 5.74) is 0.304.